The normalized spacial score (nSPS) is 19.4. The molecule has 2 rings (SSSR count). The number of hydrazone groups is 1. The Balaban J connectivity index is 2.24. The Morgan fingerprint density at radius 3 is 2.86 bits per heavy atom. The van der Waals surface area contributed by atoms with E-state index in [1.165, 1.54) is 0 Å². The highest BCUT2D eigenvalue weighted by Gasteiger charge is 2.23. The number of nitrogens with one attached hydrogen (secondary N) is 1. The fraction of sp³-hybridized carbons (Fsp3) is 0.500. The average Bonchev–Trinajstić information content (AvgIpc) is 2.45. The zero-order valence-electron chi connectivity index (χ0n) is 13.0. The number of nitrogens with zero attached hydrogens (tertiary/aromatic N) is 1. The van der Waals surface area contributed by atoms with Crippen molar-refractivity contribution in [2.45, 2.75) is 27.2 Å². The number of aliphatic hydroxyl groups excluding tert-OH is 1. The first-order valence-electron chi connectivity index (χ1n) is 7.33. The average molecular weight is 325 g/mol. The van der Waals surface area contributed by atoms with Crippen LogP contribution >= 0.6 is 11.6 Å². The molecular formula is C16H21ClN2O3. The molecule has 120 valence electrons. The fourth-order valence-electron chi connectivity index (χ4n) is 2.34. The molecule has 1 aliphatic rings. The molecule has 1 amide bonds. The summed E-state index contributed by atoms with van der Waals surface area (Å²) in [6.07, 6.45) is 0.418. The fourth-order valence-corrected chi connectivity index (χ4v) is 2.66. The molecular weight excluding hydrogens is 304 g/mol. The van der Waals surface area contributed by atoms with Gasteiger partial charge in [-0.25, -0.2) is 5.43 Å². The summed E-state index contributed by atoms with van der Waals surface area (Å²) in [5, 5.41) is 13.7. The van der Waals surface area contributed by atoms with E-state index in [0.29, 0.717) is 23.8 Å². The van der Waals surface area contributed by atoms with E-state index in [-0.39, 0.29) is 24.3 Å². The Morgan fingerprint density at radius 1 is 1.55 bits per heavy atom. The minimum atomic E-state index is -0.0722. The van der Waals surface area contributed by atoms with Gasteiger partial charge in [0.15, 0.2) is 0 Å². The van der Waals surface area contributed by atoms with Crippen molar-refractivity contribution in [2.75, 3.05) is 13.2 Å². The van der Waals surface area contributed by atoms with Crippen LogP contribution in [0.1, 0.15) is 31.4 Å². The van der Waals surface area contributed by atoms with Gasteiger partial charge in [0.05, 0.1) is 17.3 Å². The second kappa shape index (κ2) is 7.11. The van der Waals surface area contributed by atoms with Gasteiger partial charge in [-0.1, -0.05) is 25.4 Å². The van der Waals surface area contributed by atoms with Crippen LogP contribution in [0.2, 0.25) is 5.02 Å². The Labute approximate surface area is 135 Å². The lowest BCUT2D eigenvalue weighted by Crippen LogP contribution is -2.32. The van der Waals surface area contributed by atoms with Crippen molar-refractivity contribution < 1.29 is 14.6 Å². The van der Waals surface area contributed by atoms with Crippen LogP contribution in [0.4, 0.5) is 0 Å². The smallest absolute Gasteiger partial charge is 0.240 e. The predicted octanol–water partition coefficient (Wildman–Crippen LogP) is 2.52. The van der Waals surface area contributed by atoms with Gasteiger partial charge in [-0.3, -0.25) is 4.79 Å². The third-order valence-corrected chi connectivity index (χ3v) is 3.89. The molecule has 2 unspecified atom stereocenters. The number of ether oxygens (including phenoxy) is 1. The van der Waals surface area contributed by atoms with Crippen LogP contribution < -0.4 is 10.2 Å². The van der Waals surface area contributed by atoms with E-state index in [4.69, 9.17) is 21.4 Å². The molecule has 2 N–H and O–H groups in total. The maximum Gasteiger partial charge on any atom is 0.240 e. The van der Waals surface area contributed by atoms with E-state index in [9.17, 15) is 4.79 Å². The number of halogens is 1. The van der Waals surface area contributed by atoms with E-state index in [1.807, 2.05) is 26.8 Å². The minimum absolute atomic E-state index is 0.0467. The number of amides is 1. The molecule has 0 aliphatic carbocycles. The molecule has 1 aromatic carbocycles. The lowest BCUT2D eigenvalue weighted by molar-refractivity contribution is -0.121. The highest BCUT2D eigenvalue weighted by Crippen LogP contribution is 2.32. The van der Waals surface area contributed by atoms with E-state index in [1.54, 1.807) is 6.07 Å². The number of hydrogen-bond acceptors (Lipinski definition) is 4. The summed E-state index contributed by atoms with van der Waals surface area (Å²) in [6, 6.07) is 3.76. The van der Waals surface area contributed by atoms with Crippen LogP contribution in [0.15, 0.2) is 17.2 Å². The summed E-state index contributed by atoms with van der Waals surface area (Å²) in [6.45, 7) is 6.26. The van der Waals surface area contributed by atoms with Gasteiger partial charge in [0.25, 0.3) is 0 Å². The minimum Gasteiger partial charge on any atom is -0.491 e. The summed E-state index contributed by atoms with van der Waals surface area (Å²) < 4.78 is 5.70. The Morgan fingerprint density at radius 2 is 2.27 bits per heavy atom. The predicted molar refractivity (Wildman–Crippen MR) is 86.4 cm³/mol. The van der Waals surface area contributed by atoms with Crippen LogP contribution in [0.3, 0.4) is 0 Å². The Kier molecular flexibility index (Phi) is 5.42. The zero-order valence-corrected chi connectivity index (χ0v) is 13.8. The molecule has 0 aromatic heterocycles. The van der Waals surface area contributed by atoms with Crippen LogP contribution in [0.25, 0.3) is 0 Å². The molecule has 1 heterocycles. The van der Waals surface area contributed by atoms with Gasteiger partial charge >= 0.3 is 0 Å². The van der Waals surface area contributed by atoms with E-state index in [0.717, 1.165) is 16.8 Å². The zero-order chi connectivity index (χ0) is 16.3. The number of carbonyl (C=O) groups is 1. The van der Waals surface area contributed by atoms with Crippen LogP contribution in [-0.2, 0) is 4.79 Å². The standard InChI is InChI=1S/C16H21ClN2O3/c1-9(7-20)8-22-16-11(3)4-12(6-13(16)17)15-10(2)5-14(21)18-19-15/h4,6,9-10,20H,5,7-8H2,1-3H3,(H,18,21). The molecule has 1 aliphatic heterocycles. The molecule has 22 heavy (non-hydrogen) atoms. The largest absolute Gasteiger partial charge is 0.491 e. The number of benzene rings is 1. The molecule has 0 bridgehead atoms. The van der Waals surface area contributed by atoms with Gasteiger partial charge in [-0.15, -0.1) is 0 Å². The topological polar surface area (TPSA) is 70.9 Å². The van der Waals surface area contributed by atoms with Crippen molar-refractivity contribution in [3.8, 4) is 5.75 Å². The molecule has 0 fully saturated rings. The van der Waals surface area contributed by atoms with Crippen molar-refractivity contribution >= 4 is 23.2 Å². The lowest BCUT2D eigenvalue weighted by Gasteiger charge is -2.21. The van der Waals surface area contributed by atoms with Crippen molar-refractivity contribution in [1.82, 2.24) is 5.43 Å². The number of aliphatic hydroxyl groups is 1. The second-order valence-electron chi connectivity index (χ2n) is 5.84. The van der Waals surface area contributed by atoms with Crippen molar-refractivity contribution in [3.63, 3.8) is 0 Å². The molecule has 6 heteroatoms. The maximum absolute atomic E-state index is 11.3. The summed E-state index contributed by atoms with van der Waals surface area (Å²) in [7, 11) is 0. The van der Waals surface area contributed by atoms with Gasteiger partial charge in [0, 0.05) is 30.4 Å². The van der Waals surface area contributed by atoms with E-state index >= 15 is 0 Å². The number of rotatable bonds is 5. The Hall–Kier alpha value is -1.59. The number of carbonyl (C=O) groups excluding carboxylic acids is 1. The van der Waals surface area contributed by atoms with Crippen LogP contribution in [0.5, 0.6) is 5.75 Å². The first kappa shape index (κ1) is 16.8. The van der Waals surface area contributed by atoms with Crippen LogP contribution in [-0.4, -0.2) is 29.9 Å². The number of aryl methyl sites for hydroxylation is 1. The highest BCUT2D eigenvalue weighted by atomic mass is 35.5. The monoisotopic (exact) mass is 324 g/mol. The highest BCUT2D eigenvalue weighted by molar-refractivity contribution is 6.32. The van der Waals surface area contributed by atoms with Gasteiger partial charge in [0.2, 0.25) is 5.91 Å². The van der Waals surface area contributed by atoms with E-state index in [2.05, 4.69) is 10.5 Å². The van der Waals surface area contributed by atoms with E-state index < -0.39 is 0 Å². The molecule has 0 spiro atoms. The molecule has 0 radical (unpaired) electrons. The van der Waals surface area contributed by atoms with Gasteiger partial charge < -0.3 is 9.84 Å². The van der Waals surface area contributed by atoms with Crippen molar-refractivity contribution in [1.29, 1.82) is 0 Å². The van der Waals surface area contributed by atoms with Gasteiger partial charge in [-0.2, -0.15) is 5.10 Å². The first-order valence-corrected chi connectivity index (χ1v) is 7.70. The SMILES string of the molecule is Cc1cc(C2=NNC(=O)CC2C)cc(Cl)c1OCC(C)CO. The molecule has 2 atom stereocenters. The first-order chi connectivity index (χ1) is 10.4. The van der Waals surface area contributed by atoms with Crippen molar-refractivity contribution in [2.24, 2.45) is 16.9 Å². The summed E-state index contributed by atoms with van der Waals surface area (Å²) in [5.41, 5.74) is 5.12. The molecule has 0 saturated carbocycles. The lowest BCUT2D eigenvalue weighted by atomic mass is 9.93. The molecule has 5 nitrogen and oxygen atoms in total. The van der Waals surface area contributed by atoms with Crippen molar-refractivity contribution in [3.05, 3.63) is 28.3 Å². The third-order valence-electron chi connectivity index (χ3n) is 3.61. The summed E-state index contributed by atoms with van der Waals surface area (Å²) >= 11 is 6.33. The van der Waals surface area contributed by atoms with Crippen LogP contribution in [0, 0.1) is 18.8 Å². The summed E-state index contributed by atoms with van der Waals surface area (Å²) in [5.74, 6) is 0.648. The second-order valence-corrected chi connectivity index (χ2v) is 6.25. The third kappa shape index (κ3) is 3.78. The Bertz CT molecular complexity index is 578. The van der Waals surface area contributed by atoms with Gasteiger partial charge in [-0.05, 0) is 24.6 Å². The van der Waals surface area contributed by atoms with Gasteiger partial charge in [0.1, 0.15) is 5.75 Å². The maximum atomic E-state index is 11.3. The molecule has 1 aromatic rings. The summed E-state index contributed by atoms with van der Waals surface area (Å²) in [4.78, 5) is 11.3. The quantitative estimate of drug-likeness (QED) is 0.874. The molecule has 0 saturated heterocycles. The number of hydrogen-bond donors (Lipinski definition) is 2.